The molecule has 2 heterocycles. The van der Waals surface area contributed by atoms with Crippen LogP contribution in [-0.2, 0) is 4.79 Å². The molecule has 35 heavy (non-hydrogen) atoms. The van der Waals surface area contributed by atoms with E-state index in [9.17, 15) is 14.7 Å². The number of aryl methyl sites for hydroxylation is 2. The molecular weight excluding hydrogens is 462 g/mol. The van der Waals surface area contributed by atoms with Crippen LogP contribution in [0.1, 0.15) is 45.8 Å². The normalized spacial score (nSPS) is 15.6. The lowest BCUT2D eigenvalue weighted by Crippen LogP contribution is -2.31. The number of aromatic nitrogens is 1. The Morgan fingerprint density at radius 2 is 1.71 bits per heavy atom. The first kappa shape index (κ1) is 24.5. The molecule has 3 aromatic rings. The molecule has 1 atom stereocenters. The maximum absolute atomic E-state index is 13.7. The Morgan fingerprint density at radius 3 is 2.23 bits per heavy atom. The predicted molar refractivity (Wildman–Crippen MR) is 139 cm³/mol. The van der Waals surface area contributed by atoms with Crippen molar-refractivity contribution in [3.8, 4) is 5.75 Å². The summed E-state index contributed by atoms with van der Waals surface area (Å²) in [5.74, 6) is -0.872. The standard InChI is InChI=1S/C27H29N3O4S/c1-6-29(7-2)19-10-12-20(13-11-19)30-23(18-8-14-21(34-5)15-9-18)22(25(32)27(30)33)24(31)26-16(3)28-17(4)35-26/h8-15,23,32H,6-7H2,1-5H3. The summed E-state index contributed by atoms with van der Waals surface area (Å²) in [6, 6.07) is 14.0. The van der Waals surface area contributed by atoms with E-state index in [-0.39, 0.29) is 11.4 Å². The fraction of sp³-hybridized carbons (Fsp3) is 0.296. The zero-order valence-corrected chi connectivity index (χ0v) is 21.3. The van der Waals surface area contributed by atoms with Crippen molar-refractivity contribution in [2.75, 3.05) is 30.0 Å². The highest BCUT2D eigenvalue weighted by atomic mass is 32.1. The largest absolute Gasteiger partial charge is 0.503 e. The summed E-state index contributed by atoms with van der Waals surface area (Å²) in [5, 5.41) is 11.7. The van der Waals surface area contributed by atoms with Gasteiger partial charge in [0.05, 0.1) is 34.3 Å². The van der Waals surface area contributed by atoms with Gasteiger partial charge in [0.25, 0.3) is 5.91 Å². The van der Waals surface area contributed by atoms with E-state index >= 15 is 0 Å². The van der Waals surface area contributed by atoms with Crippen molar-refractivity contribution in [1.82, 2.24) is 4.98 Å². The highest BCUT2D eigenvalue weighted by molar-refractivity contribution is 7.14. The number of aliphatic hydroxyl groups is 1. The van der Waals surface area contributed by atoms with Gasteiger partial charge in [-0.05, 0) is 69.7 Å². The topological polar surface area (TPSA) is 83.0 Å². The number of benzene rings is 2. The number of ketones is 1. The van der Waals surface area contributed by atoms with Gasteiger partial charge in [-0.1, -0.05) is 12.1 Å². The summed E-state index contributed by atoms with van der Waals surface area (Å²) in [5.41, 5.74) is 2.97. The van der Waals surface area contributed by atoms with Crippen molar-refractivity contribution in [1.29, 1.82) is 0 Å². The van der Waals surface area contributed by atoms with Gasteiger partial charge in [-0.2, -0.15) is 0 Å². The summed E-state index contributed by atoms with van der Waals surface area (Å²) in [7, 11) is 1.58. The zero-order valence-electron chi connectivity index (χ0n) is 20.5. The van der Waals surface area contributed by atoms with Crippen LogP contribution in [0.2, 0.25) is 0 Å². The van der Waals surface area contributed by atoms with Crippen LogP contribution >= 0.6 is 11.3 Å². The highest BCUT2D eigenvalue weighted by Crippen LogP contribution is 2.43. The van der Waals surface area contributed by atoms with Gasteiger partial charge < -0.3 is 14.7 Å². The molecule has 1 amide bonds. The molecule has 0 saturated carbocycles. The van der Waals surface area contributed by atoms with E-state index in [1.807, 2.05) is 43.3 Å². The lowest BCUT2D eigenvalue weighted by molar-refractivity contribution is -0.117. The van der Waals surface area contributed by atoms with Crippen molar-refractivity contribution < 1.29 is 19.4 Å². The van der Waals surface area contributed by atoms with Crippen LogP contribution in [0.15, 0.2) is 59.9 Å². The van der Waals surface area contributed by atoms with E-state index in [2.05, 4.69) is 23.7 Å². The fourth-order valence-electron chi connectivity index (χ4n) is 4.48. The number of ether oxygens (including phenoxy) is 1. The SMILES string of the molecule is CCN(CC)c1ccc(N2C(=O)C(O)=C(C(=O)c3sc(C)nc3C)C2c2ccc(OC)cc2)cc1. The molecule has 0 aliphatic carbocycles. The molecule has 0 bridgehead atoms. The number of anilines is 2. The van der Waals surface area contributed by atoms with Crippen molar-refractivity contribution in [3.05, 3.63) is 81.0 Å². The molecule has 8 heteroatoms. The Kier molecular flexibility index (Phi) is 6.93. The van der Waals surface area contributed by atoms with Gasteiger partial charge in [-0.15, -0.1) is 11.3 Å². The van der Waals surface area contributed by atoms with E-state index < -0.39 is 17.7 Å². The summed E-state index contributed by atoms with van der Waals surface area (Å²) in [4.78, 5) is 35.6. The average Bonchev–Trinajstić information content (AvgIpc) is 3.35. The number of aliphatic hydroxyl groups excluding tert-OH is 1. The van der Waals surface area contributed by atoms with Crippen LogP contribution < -0.4 is 14.5 Å². The van der Waals surface area contributed by atoms with Crippen LogP contribution in [0.3, 0.4) is 0 Å². The monoisotopic (exact) mass is 491 g/mol. The van der Waals surface area contributed by atoms with Gasteiger partial charge in [-0.3, -0.25) is 14.5 Å². The Balaban J connectivity index is 1.82. The second kappa shape index (κ2) is 9.92. The highest BCUT2D eigenvalue weighted by Gasteiger charge is 2.45. The summed E-state index contributed by atoms with van der Waals surface area (Å²) in [6.07, 6.45) is 0. The number of carbonyl (C=O) groups is 2. The van der Waals surface area contributed by atoms with Gasteiger partial charge >= 0.3 is 0 Å². The summed E-state index contributed by atoms with van der Waals surface area (Å²) >= 11 is 1.26. The van der Waals surface area contributed by atoms with Gasteiger partial charge in [0.15, 0.2) is 5.76 Å². The van der Waals surface area contributed by atoms with Crippen LogP contribution in [0.25, 0.3) is 0 Å². The van der Waals surface area contributed by atoms with E-state index in [1.54, 1.807) is 26.2 Å². The molecule has 1 aliphatic heterocycles. The molecule has 4 rings (SSSR count). The molecule has 1 N–H and O–H groups in total. The predicted octanol–water partition coefficient (Wildman–Crippen LogP) is 5.40. The van der Waals surface area contributed by atoms with Crippen LogP contribution in [0.5, 0.6) is 5.75 Å². The molecule has 2 aromatic carbocycles. The van der Waals surface area contributed by atoms with Crippen LogP contribution in [0.4, 0.5) is 11.4 Å². The molecule has 0 saturated heterocycles. The number of methoxy groups -OCH3 is 1. The number of nitrogens with zero attached hydrogens (tertiary/aromatic N) is 3. The van der Waals surface area contributed by atoms with Crippen LogP contribution in [-0.4, -0.2) is 42.0 Å². The quantitative estimate of drug-likeness (QED) is 0.425. The smallest absolute Gasteiger partial charge is 0.294 e. The third kappa shape index (κ3) is 4.41. The minimum absolute atomic E-state index is 0.0553. The van der Waals surface area contributed by atoms with Gasteiger partial charge in [0.2, 0.25) is 5.78 Å². The number of thiazole rings is 1. The number of amides is 1. The molecular formula is C27H29N3O4S. The Bertz CT molecular complexity index is 1270. The maximum atomic E-state index is 13.7. The number of hydrogen-bond acceptors (Lipinski definition) is 7. The fourth-order valence-corrected chi connectivity index (χ4v) is 5.36. The molecule has 1 aliphatic rings. The molecule has 7 nitrogen and oxygen atoms in total. The third-order valence-corrected chi connectivity index (χ3v) is 7.32. The first-order valence-electron chi connectivity index (χ1n) is 11.5. The molecule has 0 radical (unpaired) electrons. The minimum Gasteiger partial charge on any atom is -0.503 e. The van der Waals surface area contributed by atoms with Crippen molar-refractivity contribution >= 4 is 34.4 Å². The zero-order chi connectivity index (χ0) is 25.3. The lowest BCUT2D eigenvalue weighted by Gasteiger charge is -2.28. The van der Waals surface area contributed by atoms with E-state index in [1.165, 1.54) is 16.2 Å². The number of carbonyl (C=O) groups excluding carboxylic acids is 2. The first-order valence-corrected chi connectivity index (χ1v) is 12.4. The Morgan fingerprint density at radius 1 is 1.09 bits per heavy atom. The third-order valence-electron chi connectivity index (χ3n) is 6.25. The second-order valence-corrected chi connectivity index (χ2v) is 9.48. The Labute approximate surface area is 209 Å². The molecule has 1 unspecified atom stereocenters. The summed E-state index contributed by atoms with van der Waals surface area (Å²) in [6.45, 7) is 9.49. The van der Waals surface area contributed by atoms with Crippen molar-refractivity contribution in [2.24, 2.45) is 0 Å². The van der Waals surface area contributed by atoms with Gasteiger partial charge in [0, 0.05) is 24.5 Å². The van der Waals surface area contributed by atoms with E-state index in [4.69, 9.17) is 4.74 Å². The van der Waals surface area contributed by atoms with Gasteiger partial charge in [0.1, 0.15) is 5.75 Å². The average molecular weight is 492 g/mol. The molecule has 1 aromatic heterocycles. The van der Waals surface area contributed by atoms with E-state index in [0.29, 0.717) is 27.6 Å². The molecule has 0 fully saturated rings. The van der Waals surface area contributed by atoms with Crippen molar-refractivity contribution in [2.45, 2.75) is 33.7 Å². The van der Waals surface area contributed by atoms with Crippen molar-refractivity contribution in [3.63, 3.8) is 0 Å². The Hall–Kier alpha value is -3.65. The lowest BCUT2D eigenvalue weighted by atomic mass is 9.94. The number of hydrogen-bond donors (Lipinski definition) is 1. The first-order chi connectivity index (χ1) is 16.8. The minimum atomic E-state index is -0.790. The van der Waals surface area contributed by atoms with Crippen LogP contribution in [0, 0.1) is 13.8 Å². The molecule has 0 spiro atoms. The van der Waals surface area contributed by atoms with E-state index in [0.717, 1.165) is 23.8 Å². The number of rotatable bonds is 8. The summed E-state index contributed by atoms with van der Waals surface area (Å²) < 4.78 is 5.28. The maximum Gasteiger partial charge on any atom is 0.294 e. The second-order valence-electron chi connectivity index (χ2n) is 8.28. The molecule has 182 valence electrons. The van der Waals surface area contributed by atoms with Gasteiger partial charge in [-0.25, -0.2) is 4.98 Å². The number of Topliss-reactive ketones (excluding diaryl/α,β-unsaturated/α-hetero) is 1.